The molecule has 1 aromatic carbocycles. The van der Waals surface area contributed by atoms with Crippen LogP contribution < -0.4 is 0 Å². The van der Waals surface area contributed by atoms with Gasteiger partial charge < -0.3 is 0 Å². The van der Waals surface area contributed by atoms with Crippen molar-refractivity contribution in [2.45, 2.75) is 29.9 Å². The normalized spacial score (nSPS) is 35.5. The number of carbonyl (C=O) groups is 1. The Morgan fingerprint density at radius 3 is 2.04 bits per heavy atom. The van der Waals surface area contributed by atoms with E-state index in [1.54, 1.807) is 0 Å². The molecule has 130 valence electrons. The summed E-state index contributed by atoms with van der Waals surface area (Å²) in [6.45, 7) is 0. The SMILES string of the molecule is O=C(c1ccccc1)[C@]1(F)[C@@H]2C=C[C@@H](C2)[C@@]1(F)C(F)(F)C(F)(F)F. The second-order valence-corrected chi connectivity index (χ2v) is 6.02. The molecule has 0 saturated heterocycles. The van der Waals surface area contributed by atoms with E-state index >= 15 is 8.78 Å². The van der Waals surface area contributed by atoms with Crippen LogP contribution in [0.1, 0.15) is 16.8 Å². The van der Waals surface area contributed by atoms with Crippen LogP contribution in [0.2, 0.25) is 0 Å². The number of ketones is 1. The second-order valence-electron chi connectivity index (χ2n) is 6.02. The molecule has 24 heavy (non-hydrogen) atoms. The maximum atomic E-state index is 15.4. The van der Waals surface area contributed by atoms with E-state index in [9.17, 15) is 26.7 Å². The fourth-order valence-electron chi connectivity index (χ4n) is 3.63. The highest BCUT2D eigenvalue weighted by molar-refractivity contribution is 6.04. The molecule has 0 radical (unpaired) electrons. The Labute approximate surface area is 132 Å². The molecule has 1 saturated carbocycles. The Morgan fingerprint density at radius 1 is 0.958 bits per heavy atom. The van der Waals surface area contributed by atoms with Crippen molar-refractivity contribution >= 4 is 5.78 Å². The summed E-state index contributed by atoms with van der Waals surface area (Å²) in [7, 11) is 0. The lowest BCUT2D eigenvalue weighted by molar-refractivity contribution is -0.345. The summed E-state index contributed by atoms with van der Waals surface area (Å²) in [5, 5.41) is 0. The third kappa shape index (κ3) is 1.79. The van der Waals surface area contributed by atoms with E-state index in [2.05, 4.69) is 0 Å². The lowest BCUT2D eigenvalue weighted by Crippen LogP contribution is -2.69. The van der Waals surface area contributed by atoms with Gasteiger partial charge in [-0.05, 0) is 6.42 Å². The Bertz CT molecular complexity index is 696. The molecule has 0 spiro atoms. The summed E-state index contributed by atoms with van der Waals surface area (Å²) < 4.78 is 96.7. The molecule has 0 aromatic heterocycles. The average molecular weight is 352 g/mol. The molecule has 2 aliphatic carbocycles. The lowest BCUT2D eigenvalue weighted by Gasteiger charge is -2.43. The minimum Gasteiger partial charge on any atom is -0.290 e. The summed E-state index contributed by atoms with van der Waals surface area (Å²) in [4.78, 5) is 12.4. The number of rotatable bonds is 3. The Balaban J connectivity index is 2.18. The van der Waals surface area contributed by atoms with E-state index in [4.69, 9.17) is 0 Å². The molecule has 0 amide bonds. The van der Waals surface area contributed by atoms with E-state index in [1.165, 1.54) is 18.2 Å². The summed E-state index contributed by atoms with van der Waals surface area (Å²) >= 11 is 0. The van der Waals surface area contributed by atoms with Gasteiger partial charge in [0.05, 0.1) is 0 Å². The van der Waals surface area contributed by atoms with Crippen LogP contribution in [0.5, 0.6) is 0 Å². The van der Waals surface area contributed by atoms with E-state index in [-0.39, 0.29) is 0 Å². The monoisotopic (exact) mass is 352 g/mol. The van der Waals surface area contributed by atoms with Crippen molar-refractivity contribution in [1.82, 2.24) is 0 Å². The van der Waals surface area contributed by atoms with Crippen molar-refractivity contribution in [3.63, 3.8) is 0 Å². The molecule has 0 N–H and O–H groups in total. The number of alkyl halides is 7. The zero-order valence-corrected chi connectivity index (χ0v) is 12.0. The van der Waals surface area contributed by atoms with Crippen molar-refractivity contribution in [2.24, 2.45) is 11.8 Å². The quantitative estimate of drug-likeness (QED) is 0.438. The summed E-state index contributed by atoms with van der Waals surface area (Å²) in [5.74, 6) is -11.4. The van der Waals surface area contributed by atoms with Gasteiger partial charge in [0.2, 0.25) is 17.1 Å². The molecule has 0 heterocycles. The first kappa shape index (κ1) is 17.0. The van der Waals surface area contributed by atoms with Crippen LogP contribution in [0, 0.1) is 11.8 Å². The molecule has 1 nitrogen and oxygen atoms in total. The van der Waals surface area contributed by atoms with E-state index in [1.807, 2.05) is 0 Å². The third-order valence-corrected chi connectivity index (χ3v) is 4.81. The highest BCUT2D eigenvalue weighted by atomic mass is 19.4. The first-order chi connectivity index (χ1) is 11.0. The molecule has 2 aliphatic rings. The summed E-state index contributed by atoms with van der Waals surface area (Å²) in [5.41, 5.74) is -9.14. The van der Waals surface area contributed by atoms with E-state index < -0.39 is 53.0 Å². The number of benzene rings is 1. The predicted molar refractivity (Wildman–Crippen MR) is 70.2 cm³/mol. The molecule has 0 aliphatic heterocycles. The van der Waals surface area contributed by atoms with Crippen molar-refractivity contribution in [3.8, 4) is 0 Å². The fourth-order valence-corrected chi connectivity index (χ4v) is 3.63. The van der Waals surface area contributed by atoms with Crippen LogP contribution in [0.4, 0.5) is 30.7 Å². The minimum atomic E-state index is -6.33. The first-order valence-corrected chi connectivity index (χ1v) is 7.08. The van der Waals surface area contributed by atoms with Crippen LogP contribution in [-0.4, -0.2) is 29.2 Å². The number of allylic oxidation sites excluding steroid dienone is 2. The van der Waals surface area contributed by atoms with Gasteiger partial charge in [0.15, 0.2) is 0 Å². The van der Waals surface area contributed by atoms with Gasteiger partial charge in [0.1, 0.15) is 0 Å². The Morgan fingerprint density at radius 2 is 1.50 bits per heavy atom. The van der Waals surface area contributed by atoms with Crippen molar-refractivity contribution in [2.75, 3.05) is 0 Å². The number of carbonyl (C=O) groups excluding carboxylic acids is 1. The van der Waals surface area contributed by atoms with Gasteiger partial charge in [0, 0.05) is 17.4 Å². The van der Waals surface area contributed by atoms with Crippen molar-refractivity contribution in [1.29, 1.82) is 0 Å². The maximum absolute atomic E-state index is 15.4. The van der Waals surface area contributed by atoms with Crippen molar-refractivity contribution < 1.29 is 35.5 Å². The standard InChI is InChI=1S/C16H11F7O/c17-13(12(24)9-4-2-1-3-5-9)10-6-7-11(8-10)14(13,18)15(19,20)16(21,22)23/h1-7,10-11H,8H2/t10-,11+,13-,14+/m1/s1. The predicted octanol–water partition coefficient (Wildman–Crippen LogP) is 4.69. The van der Waals surface area contributed by atoms with Crippen molar-refractivity contribution in [3.05, 3.63) is 48.0 Å². The number of hydrogen-bond donors (Lipinski definition) is 0. The van der Waals surface area contributed by atoms with Gasteiger partial charge in [-0.3, -0.25) is 4.79 Å². The molecule has 2 bridgehead atoms. The minimum absolute atomic E-state index is 0.457. The largest absolute Gasteiger partial charge is 0.456 e. The van der Waals surface area contributed by atoms with Gasteiger partial charge >= 0.3 is 12.1 Å². The van der Waals surface area contributed by atoms with Crippen LogP contribution in [0.25, 0.3) is 0 Å². The number of Topliss-reactive ketones (excluding diaryl/α,β-unsaturated/α-hetero) is 1. The third-order valence-electron chi connectivity index (χ3n) is 4.81. The second kappa shape index (κ2) is 4.83. The first-order valence-electron chi connectivity index (χ1n) is 7.08. The van der Waals surface area contributed by atoms with E-state index in [0.29, 0.717) is 0 Å². The number of hydrogen-bond acceptors (Lipinski definition) is 1. The fraction of sp³-hybridized carbons (Fsp3) is 0.438. The van der Waals surface area contributed by atoms with Crippen LogP contribution in [0.3, 0.4) is 0 Å². The number of fused-ring (bicyclic) bond motifs is 2. The highest BCUT2D eigenvalue weighted by Gasteiger charge is 2.87. The topological polar surface area (TPSA) is 17.1 Å². The number of halogens is 7. The molecule has 1 aromatic rings. The molecule has 0 unspecified atom stereocenters. The molecular formula is C16H11F7O. The highest BCUT2D eigenvalue weighted by Crippen LogP contribution is 2.66. The van der Waals surface area contributed by atoms with Gasteiger partial charge in [-0.2, -0.15) is 22.0 Å². The van der Waals surface area contributed by atoms with Gasteiger partial charge in [-0.1, -0.05) is 42.5 Å². The van der Waals surface area contributed by atoms with Crippen LogP contribution in [-0.2, 0) is 0 Å². The molecule has 1 fully saturated rings. The molecule has 8 heteroatoms. The zero-order chi connectivity index (χ0) is 18.0. The molecule has 3 rings (SSSR count). The molecule has 4 atom stereocenters. The molecular weight excluding hydrogens is 341 g/mol. The van der Waals surface area contributed by atoms with Gasteiger partial charge in [0.25, 0.3) is 0 Å². The zero-order valence-electron chi connectivity index (χ0n) is 12.0. The van der Waals surface area contributed by atoms with Gasteiger partial charge in [-0.25, -0.2) is 8.78 Å². The van der Waals surface area contributed by atoms with Crippen LogP contribution in [0.15, 0.2) is 42.5 Å². The van der Waals surface area contributed by atoms with Crippen LogP contribution >= 0.6 is 0 Å². The summed E-state index contributed by atoms with van der Waals surface area (Å²) in [6, 6.07) is 6.09. The summed E-state index contributed by atoms with van der Waals surface area (Å²) in [6.07, 6.45) is -5.15. The maximum Gasteiger partial charge on any atom is 0.456 e. The smallest absolute Gasteiger partial charge is 0.290 e. The van der Waals surface area contributed by atoms with Gasteiger partial charge in [-0.15, -0.1) is 0 Å². The Hall–Kier alpha value is -1.86. The lowest BCUT2D eigenvalue weighted by atomic mass is 9.70. The average Bonchev–Trinajstić information content (AvgIpc) is 3.09. The Kier molecular flexibility index (Phi) is 3.42. The van der Waals surface area contributed by atoms with E-state index in [0.717, 1.165) is 24.3 Å².